The van der Waals surface area contributed by atoms with Crippen LogP contribution < -0.4 is 26.8 Å². The van der Waals surface area contributed by atoms with Gasteiger partial charge in [-0.25, -0.2) is 19.6 Å². The lowest BCUT2D eigenvalue weighted by atomic mass is 9.90. The summed E-state index contributed by atoms with van der Waals surface area (Å²) < 4.78 is 29.8. The van der Waals surface area contributed by atoms with Crippen molar-refractivity contribution in [1.29, 1.82) is 0 Å². The third-order valence-corrected chi connectivity index (χ3v) is 9.44. The minimum atomic E-state index is -0.601. The molecule has 0 radical (unpaired) electrons. The summed E-state index contributed by atoms with van der Waals surface area (Å²) in [5.41, 5.74) is 2.28. The van der Waals surface area contributed by atoms with Gasteiger partial charge < -0.3 is 54.5 Å². The second-order valence-corrected chi connectivity index (χ2v) is 15.0. The van der Waals surface area contributed by atoms with Gasteiger partial charge in [0.1, 0.15) is 29.2 Å². The van der Waals surface area contributed by atoms with Crippen LogP contribution in [-0.2, 0) is 36.8 Å². The first-order valence-electron chi connectivity index (χ1n) is 19.8. The molecule has 0 bridgehead atoms. The predicted octanol–water partition coefficient (Wildman–Crippen LogP) is 6.24. The minimum Gasteiger partial charge on any atom is -0.445 e. The molecule has 1 saturated carbocycles. The zero-order chi connectivity index (χ0) is 40.7. The highest BCUT2D eigenvalue weighted by Crippen LogP contribution is 2.31. The van der Waals surface area contributed by atoms with Crippen LogP contribution in [0.25, 0.3) is 21.8 Å². The second kappa shape index (κ2) is 20.6. The number of nitrogens with zero attached hydrogens (tertiary/aromatic N) is 3. The van der Waals surface area contributed by atoms with Gasteiger partial charge in [0.05, 0.1) is 63.0 Å². The van der Waals surface area contributed by atoms with E-state index in [0.29, 0.717) is 75.3 Å². The topological polar surface area (TPSA) is 192 Å². The Bertz CT molecular complexity index is 2150. The molecular weight excluding hydrogens is 745 g/mol. The largest absolute Gasteiger partial charge is 0.445 e. The summed E-state index contributed by atoms with van der Waals surface area (Å²) >= 11 is 0. The number of hydrogen-bond acceptors (Lipinski definition) is 12. The van der Waals surface area contributed by atoms with Crippen LogP contribution in [0.2, 0.25) is 0 Å². The van der Waals surface area contributed by atoms with Gasteiger partial charge in [0.15, 0.2) is 0 Å². The van der Waals surface area contributed by atoms with E-state index in [4.69, 9.17) is 28.7 Å². The van der Waals surface area contributed by atoms with Gasteiger partial charge in [-0.15, -0.1) is 0 Å². The molecule has 3 aromatic heterocycles. The molecule has 58 heavy (non-hydrogen) atoms. The molecule has 0 saturated heterocycles. The lowest BCUT2D eigenvalue weighted by Crippen LogP contribution is -2.49. The normalized spacial score (nSPS) is 15.6. The second-order valence-electron chi connectivity index (χ2n) is 15.0. The number of fused-ring (bicyclic) bond motifs is 2. The van der Waals surface area contributed by atoms with Crippen molar-refractivity contribution in [1.82, 2.24) is 30.2 Å². The third kappa shape index (κ3) is 12.4. The van der Waals surface area contributed by atoms with Crippen molar-refractivity contribution in [2.45, 2.75) is 77.3 Å². The van der Waals surface area contributed by atoms with Crippen LogP contribution in [0.3, 0.4) is 0 Å². The molecule has 2 aromatic carbocycles. The Kier molecular flexibility index (Phi) is 14.9. The number of aromatic amines is 1. The number of nitrogens with one attached hydrogen (secondary N) is 5. The fourth-order valence-electron chi connectivity index (χ4n) is 6.74. The van der Waals surface area contributed by atoms with Crippen LogP contribution in [-0.4, -0.2) is 95.6 Å². The maximum atomic E-state index is 13.1. The lowest BCUT2D eigenvalue weighted by molar-refractivity contribution is 0.0138. The fourth-order valence-corrected chi connectivity index (χ4v) is 6.74. The van der Waals surface area contributed by atoms with Crippen LogP contribution in [0, 0.1) is 0 Å². The van der Waals surface area contributed by atoms with Gasteiger partial charge >= 0.3 is 12.2 Å². The molecule has 1 aliphatic rings. The van der Waals surface area contributed by atoms with Crippen molar-refractivity contribution in [3.05, 3.63) is 89.1 Å². The van der Waals surface area contributed by atoms with E-state index in [2.05, 4.69) is 35.8 Å². The molecular formula is C42H54N8O8. The number of benzene rings is 2. The van der Waals surface area contributed by atoms with Crippen LogP contribution >= 0.6 is 0 Å². The van der Waals surface area contributed by atoms with Gasteiger partial charge in [-0.1, -0.05) is 49.2 Å². The SMILES string of the molecule is CC(C)(C)OC(=O)N[C@H]1CCCC[C@H]1Nc1cc2nc[nH]c(=O)c2c(Nc2cccc3c2ccn3CCOCCOCCOCCNC(=O)OCc2ccccc2)n1. The van der Waals surface area contributed by atoms with E-state index >= 15 is 0 Å². The van der Waals surface area contributed by atoms with Gasteiger partial charge in [0, 0.05) is 42.5 Å². The summed E-state index contributed by atoms with van der Waals surface area (Å²) in [5.74, 6) is 0.910. The highest BCUT2D eigenvalue weighted by atomic mass is 16.6. The van der Waals surface area contributed by atoms with Gasteiger partial charge in [0.25, 0.3) is 5.56 Å². The Hall–Kier alpha value is -5.71. The van der Waals surface area contributed by atoms with Crippen LogP contribution in [0.5, 0.6) is 0 Å². The van der Waals surface area contributed by atoms with Crippen LogP contribution in [0.15, 0.2) is 78.0 Å². The molecule has 0 aliphatic heterocycles. The number of amides is 2. The molecule has 6 rings (SSSR count). The monoisotopic (exact) mass is 798 g/mol. The number of ether oxygens (including phenoxy) is 5. The number of alkyl carbamates (subject to hydrolysis) is 2. The average molecular weight is 799 g/mol. The first-order valence-corrected chi connectivity index (χ1v) is 19.8. The Morgan fingerprint density at radius 3 is 2.40 bits per heavy atom. The lowest BCUT2D eigenvalue weighted by Gasteiger charge is -2.33. The maximum Gasteiger partial charge on any atom is 0.407 e. The van der Waals surface area contributed by atoms with Gasteiger partial charge in [-0.2, -0.15) is 0 Å². The number of pyridine rings is 1. The summed E-state index contributed by atoms with van der Waals surface area (Å²) in [7, 11) is 0. The summed E-state index contributed by atoms with van der Waals surface area (Å²) in [6.45, 7) is 9.23. The summed E-state index contributed by atoms with van der Waals surface area (Å²) in [6.07, 6.45) is 6.09. The standard InChI is InChI=1S/C42H54N8O8/c1-42(2,3)58-41(53)48-33-13-8-7-12-32(33)46-36-26-34-37(39(51)45-28-44-34)38(49-36)47-31-14-9-15-35-30(31)16-18-50(35)19-21-55-23-25-56-24-22-54-20-17-43-40(52)57-27-29-10-5-4-6-11-29/h4-6,9-11,14-16,18,26,28,32-33H,7-8,12-13,17,19-25,27H2,1-3H3,(H,43,52)(H,48,53)(H,44,45,51)(H2,46,47,49)/t32-,33+/m1/s1. The molecule has 2 atom stereocenters. The molecule has 16 nitrogen and oxygen atoms in total. The molecule has 2 amide bonds. The molecule has 5 N–H and O–H groups in total. The molecule has 1 aliphatic carbocycles. The number of carbonyl (C=O) groups excluding carboxylic acids is 2. The highest BCUT2D eigenvalue weighted by molar-refractivity contribution is 5.98. The molecule has 0 spiro atoms. The molecule has 310 valence electrons. The van der Waals surface area contributed by atoms with E-state index in [-0.39, 0.29) is 24.2 Å². The third-order valence-electron chi connectivity index (χ3n) is 9.44. The van der Waals surface area contributed by atoms with E-state index in [1.165, 1.54) is 6.33 Å². The fraction of sp³-hybridized carbons (Fsp3) is 0.452. The van der Waals surface area contributed by atoms with Crippen LogP contribution in [0.4, 0.5) is 26.9 Å². The molecule has 1 fully saturated rings. The molecule has 0 unspecified atom stereocenters. The van der Waals surface area contributed by atoms with E-state index < -0.39 is 17.8 Å². The van der Waals surface area contributed by atoms with Crippen molar-refractivity contribution in [2.24, 2.45) is 0 Å². The van der Waals surface area contributed by atoms with Crippen molar-refractivity contribution in [3.63, 3.8) is 0 Å². The molecule has 16 heteroatoms. The van der Waals surface area contributed by atoms with E-state index in [0.717, 1.165) is 47.8 Å². The average Bonchev–Trinajstić information content (AvgIpc) is 3.61. The van der Waals surface area contributed by atoms with Gasteiger partial charge in [0.2, 0.25) is 0 Å². The van der Waals surface area contributed by atoms with Crippen LogP contribution in [0.1, 0.15) is 52.0 Å². The smallest absolute Gasteiger partial charge is 0.407 e. The van der Waals surface area contributed by atoms with Crippen molar-refractivity contribution >= 4 is 51.3 Å². The molecule has 3 heterocycles. The predicted molar refractivity (Wildman–Crippen MR) is 222 cm³/mol. The van der Waals surface area contributed by atoms with E-state index in [1.807, 2.05) is 81.6 Å². The molecule has 5 aromatic rings. The Labute approximate surface area is 337 Å². The Morgan fingerprint density at radius 1 is 0.879 bits per heavy atom. The zero-order valence-electron chi connectivity index (χ0n) is 33.4. The number of hydrogen-bond donors (Lipinski definition) is 5. The minimum absolute atomic E-state index is 0.0925. The number of rotatable bonds is 19. The quantitative estimate of drug-likeness (QED) is 0.0592. The van der Waals surface area contributed by atoms with E-state index in [1.54, 1.807) is 6.07 Å². The maximum absolute atomic E-state index is 13.1. The summed E-state index contributed by atoms with van der Waals surface area (Å²) in [6, 6.07) is 19.0. The number of carbonyl (C=O) groups is 2. The van der Waals surface area contributed by atoms with Crippen molar-refractivity contribution in [2.75, 3.05) is 56.8 Å². The first kappa shape index (κ1) is 41.9. The Morgan fingerprint density at radius 2 is 1.62 bits per heavy atom. The van der Waals surface area contributed by atoms with Crippen molar-refractivity contribution in [3.8, 4) is 0 Å². The van der Waals surface area contributed by atoms with Gasteiger partial charge in [-0.3, -0.25) is 4.79 Å². The number of aromatic nitrogens is 4. The summed E-state index contributed by atoms with van der Waals surface area (Å²) in [5, 5.41) is 13.9. The van der Waals surface area contributed by atoms with Crippen molar-refractivity contribution < 1.29 is 33.3 Å². The number of H-pyrrole nitrogens is 1. The van der Waals surface area contributed by atoms with Gasteiger partial charge in [-0.05, 0) is 57.4 Å². The number of anilines is 3. The first-order chi connectivity index (χ1) is 28.1. The Balaban J connectivity index is 0.960. The summed E-state index contributed by atoms with van der Waals surface area (Å²) in [4.78, 5) is 49.6. The van der Waals surface area contributed by atoms with E-state index in [9.17, 15) is 14.4 Å². The zero-order valence-corrected chi connectivity index (χ0v) is 33.4. The highest BCUT2D eigenvalue weighted by Gasteiger charge is 2.29.